The van der Waals surface area contributed by atoms with E-state index in [4.69, 9.17) is 0 Å². The van der Waals surface area contributed by atoms with E-state index in [1.54, 1.807) is 36.4 Å². The Morgan fingerprint density at radius 2 is 1.12 bits per heavy atom. The number of para-hydroxylation sites is 2. The second-order valence-electron chi connectivity index (χ2n) is 7.81. The summed E-state index contributed by atoms with van der Waals surface area (Å²) >= 11 is 0. The Balaban J connectivity index is 1.84. The molecule has 2 amide bonds. The summed E-state index contributed by atoms with van der Waals surface area (Å²) in [6.07, 6.45) is 0. The highest BCUT2D eigenvalue weighted by atomic mass is 32.2. The summed E-state index contributed by atoms with van der Waals surface area (Å²) < 4.78 is 27.5. The van der Waals surface area contributed by atoms with Gasteiger partial charge in [-0.05, 0) is 56.2 Å². The number of sulfonamides is 1. The number of carbonyl (C=O) groups is 2. The molecule has 3 aromatic carbocycles. The van der Waals surface area contributed by atoms with Gasteiger partial charge in [-0.1, -0.05) is 54.1 Å². The normalized spacial score (nSPS) is 11.3. The van der Waals surface area contributed by atoms with Crippen LogP contribution in [0.5, 0.6) is 0 Å². The van der Waals surface area contributed by atoms with Crippen LogP contribution in [0.1, 0.15) is 16.7 Å². The quantitative estimate of drug-likeness (QED) is 0.528. The minimum Gasteiger partial charge on any atom is -0.325 e. The molecule has 0 fully saturated rings. The van der Waals surface area contributed by atoms with Crippen molar-refractivity contribution in [3.05, 3.63) is 89.5 Å². The smallest absolute Gasteiger partial charge is 0.244 e. The number of nitrogens with zero attached hydrogens (tertiary/aromatic N) is 1. The number of anilines is 2. The Bertz CT molecular complexity index is 1190. The lowest BCUT2D eigenvalue weighted by Gasteiger charge is -2.22. The van der Waals surface area contributed by atoms with E-state index in [0.29, 0.717) is 11.4 Å². The van der Waals surface area contributed by atoms with E-state index >= 15 is 0 Å². The molecular formula is C25H27N3O4S. The number of hydrogen-bond acceptors (Lipinski definition) is 4. The molecule has 0 aromatic heterocycles. The fourth-order valence-corrected chi connectivity index (χ4v) is 4.56. The molecular weight excluding hydrogens is 438 g/mol. The number of nitrogens with one attached hydrogen (secondary N) is 2. The lowest BCUT2D eigenvalue weighted by Crippen LogP contribution is -2.42. The molecule has 0 unspecified atom stereocenters. The van der Waals surface area contributed by atoms with Crippen molar-refractivity contribution in [3.63, 3.8) is 0 Å². The highest BCUT2D eigenvalue weighted by Gasteiger charge is 2.29. The van der Waals surface area contributed by atoms with E-state index in [9.17, 15) is 18.0 Å². The molecule has 0 heterocycles. The Labute approximate surface area is 194 Å². The van der Waals surface area contributed by atoms with Gasteiger partial charge in [-0.25, -0.2) is 8.42 Å². The lowest BCUT2D eigenvalue weighted by molar-refractivity contribution is -0.118. The zero-order valence-corrected chi connectivity index (χ0v) is 19.6. The van der Waals surface area contributed by atoms with Gasteiger partial charge in [0.05, 0.1) is 18.0 Å². The first-order valence-electron chi connectivity index (χ1n) is 10.4. The molecule has 0 spiro atoms. The minimum atomic E-state index is -4.10. The summed E-state index contributed by atoms with van der Waals surface area (Å²) in [4.78, 5) is 25.5. The second-order valence-corrected chi connectivity index (χ2v) is 9.75. The maximum Gasteiger partial charge on any atom is 0.244 e. The molecule has 0 aliphatic rings. The van der Waals surface area contributed by atoms with E-state index in [2.05, 4.69) is 10.6 Å². The molecule has 3 rings (SSSR count). The molecule has 0 aliphatic carbocycles. The van der Waals surface area contributed by atoms with E-state index in [-0.39, 0.29) is 4.90 Å². The number of carbonyl (C=O) groups excluding carboxylic acids is 2. The van der Waals surface area contributed by atoms with Crippen LogP contribution in [0.3, 0.4) is 0 Å². The summed E-state index contributed by atoms with van der Waals surface area (Å²) in [5.74, 6) is -1.08. The number of rotatable bonds is 8. The third kappa shape index (κ3) is 6.27. The van der Waals surface area contributed by atoms with Gasteiger partial charge in [-0.2, -0.15) is 4.31 Å². The Kier molecular flexibility index (Phi) is 7.63. The van der Waals surface area contributed by atoms with E-state index in [1.165, 1.54) is 12.1 Å². The van der Waals surface area contributed by atoms with Crippen LogP contribution in [-0.4, -0.2) is 37.6 Å². The molecule has 0 saturated heterocycles. The van der Waals surface area contributed by atoms with Crippen molar-refractivity contribution >= 4 is 33.2 Å². The molecule has 7 nitrogen and oxygen atoms in total. The summed E-state index contributed by atoms with van der Waals surface area (Å²) in [7, 11) is -4.10. The zero-order valence-electron chi connectivity index (χ0n) is 18.8. The predicted molar refractivity (Wildman–Crippen MR) is 130 cm³/mol. The molecule has 0 atom stereocenters. The van der Waals surface area contributed by atoms with Crippen LogP contribution in [0.4, 0.5) is 11.4 Å². The zero-order chi connectivity index (χ0) is 24.0. The number of aryl methyl sites for hydroxylation is 3. The maximum atomic E-state index is 13.3. The summed E-state index contributed by atoms with van der Waals surface area (Å²) in [5.41, 5.74) is 3.75. The van der Waals surface area contributed by atoms with Gasteiger partial charge in [0.25, 0.3) is 0 Å². The SMILES string of the molecule is Cc1ccc(S(=O)(=O)N(CC(=O)Nc2ccccc2C)CC(=O)Nc2ccccc2C)cc1. The maximum absolute atomic E-state index is 13.3. The van der Waals surface area contributed by atoms with Gasteiger partial charge >= 0.3 is 0 Å². The highest BCUT2D eigenvalue weighted by Crippen LogP contribution is 2.19. The van der Waals surface area contributed by atoms with Gasteiger partial charge in [-0.3, -0.25) is 9.59 Å². The van der Waals surface area contributed by atoms with E-state index in [0.717, 1.165) is 21.0 Å². The van der Waals surface area contributed by atoms with Gasteiger partial charge in [0.2, 0.25) is 21.8 Å². The average molecular weight is 466 g/mol. The molecule has 0 saturated carbocycles. The topological polar surface area (TPSA) is 95.6 Å². The fourth-order valence-electron chi connectivity index (χ4n) is 3.21. The predicted octanol–water partition coefficient (Wildman–Crippen LogP) is 3.88. The Hall–Kier alpha value is -3.49. The van der Waals surface area contributed by atoms with Crippen LogP contribution in [0.25, 0.3) is 0 Å². The minimum absolute atomic E-state index is 0.0143. The molecule has 0 radical (unpaired) electrons. The average Bonchev–Trinajstić information content (AvgIpc) is 2.77. The van der Waals surface area contributed by atoms with Crippen molar-refractivity contribution in [2.45, 2.75) is 25.7 Å². The van der Waals surface area contributed by atoms with Crippen LogP contribution < -0.4 is 10.6 Å². The summed E-state index contributed by atoms with van der Waals surface area (Å²) in [5, 5.41) is 5.46. The number of benzene rings is 3. The van der Waals surface area contributed by atoms with Gasteiger partial charge < -0.3 is 10.6 Å². The third-order valence-corrected chi connectivity index (χ3v) is 6.94. The van der Waals surface area contributed by atoms with Crippen molar-refractivity contribution in [3.8, 4) is 0 Å². The van der Waals surface area contributed by atoms with Crippen LogP contribution in [0.15, 0.2) is 77.7 Å². The van der Waals surface area contributed by atoms with Crippen molar-refractivity contribution < 1.29 is 18.0 Å². The number of amides is 2. The Morgan fingerprint density at radius 1 is 0.697 bits per heavy atom. The summed E-state index contributed by atoms with van der Waals surface area (Å²) in [6.45, 7) is 4.51. The monoisotopic (exact) mass is 465 g/mol. The molecule has 0 aliphatic heterocycles. The number of hydrogen-bond donors (Lipinski definition) is 2. The molecule has 0 bridgehead atoms. The molecule has 33 heavy (non-hydrogen) atoms. The van der Waals surface area contributed by atoms with Crippen LogP contribution in [0.2, 0.25) is 0 Å². The van der Waals surface area contributed by atoms with Gasteiger partial charge in [0, 0.05) is 11.4 Å². The van der Waals surface area contributed by atoms with Crippen molar-refractivity contribution in [1.82, 2.24) is 4.31 Å². The van der Waals surface area contributed by atoms with E-state index in [1.807, 2.05) is 45.0 Å². The molecule has 3 aromatic rings. The first-order valence-corrected chi connectivity index (χ1v) is 11.9. The Morgan fingerprint density at radius 3 is 1.55 bits per heavy atom. The van der Waals surface area contributed by atoms with E-state index < -0.39 is 34.9 Å². The van der Waals surface area contributed by atoms with Crippen LogP contribution in [-0.2, 0) is 19.6 Å². The van der Waals surface area contributed by atoms with Crippen molar-refractivity contribution in [2.24, 2.45) is 0 Å². The van der Waals surface area contributed by atoms with Crippen molar-refractivity contribution in [2.75, 3.05) is 23.7 Å². The third-order valence-electron chi connectivity index (χ3n) is 5.14. The molecule has 172 valence electrons. The van der Waals surface area contributed by atoms with Gasteiger partial charge in [0.1, 0.15) is 0 Å². The fraction of sp³-hybridized carbons (Fsp3) is 0.200. The van der Waals surface area contributed by atoms with Gasteiger partial charge in [0.15, 0.2) is 0 Å². The van der Waals surface area contributed by atoms with Crippen LogP contribution in [0, 0.1) is 20.8 Å². The first-order chi connectivity index (χ1) is 15.7. The second kappa shape index (κ2) is 10.4. The largest absolute Gasteiger partial charge is 0.325 e. The van der Waals surface area contributed by atoms with Gasteiger partial charge in [-0.15, -0.1) is 0 Å². The first kappa shape index (κ1) is 24.2. The van der Waals surface area contributed by atoms with Crippen LogP contribution >= 0.6 is 0 Å². The lowest BCUT2D eigenvalue weighted by atomic mass is 10.2. The highest BCUT2D eigenvalue weighted by molar-refractivity contribution is 7.89. The molecule has 2 N–H and O–H groups in total. The molecule has 8 heteroatoms. The standard InChI is InChI=1S/C25H27N3O4S/c1-18-12-14-21(15-13-18)33(31,32)28(16-24(29)26-22-10-6-4-8-19(22)2)17-25(30)27-23-11-7-5-9-20(23)3/h4-15H,16-17H2,1-3H3,(H,26,29)(H,27,30). The van der Waals surface area contributed by atoms with Crippen molar-refractivity contribution in [1.29, 1.82) is 0 Å². The summed E-state index contributed by atoms with van der Waals surface area (Å²) in [6, 6.07) is 20.7.